The van der Waals surface area contributed by atoms with E-state index in [0.29, 0.717) is 11.9 Å². The number of carbonyl (C=O) groups is 1. The Labute approximate surface area is 157 Å². The number of hydrogen-bond acceptors (Lipinski definition) is 3. The normalized spacial score (nSPS) is 38.6. The SMILES string of the molecule is CC1=C[CH]CC=C1N1CCC[C@@]2(CCN([C@H]3CC[C@](C)(O)CC3)C2=O)C1. The van der Waals surface area contributed by atoms with Gasteiger partial charge in [-0.1, -0.05) is 12.2 Å². The smallest absolute Gasteiger partial charge is 0.230 e. The lowest BCUT2D eigenvalue weighted by Crippen LogP contribution is -2.50. The van der Waals surface area contributed by atoms with Gasteiger partial charge in [0.25, 0.3) is 0 Å². The lowest BCUT2D eigenvalue weighted by atomic mass is 9.77. The van der Waals surface area contributed by atoms with Crippen LogP contribution in [-0.2, 0) is 4.79 Å². The van der Waals surface area contributed by atoms with Gasteiger partial charge >= 0.3 is 0 Å². The highest BCUT2D eigenvalue weighted by Gasteiger charge is 2.51. The van der Waals surface area contributed by atoms with Crippen molar-refractivity contribution >= 4 is 5.91 Å². The van der Waals surface area contributed by atoms with E-state index in [1.54, 1.807) is 0 Å². The van der Waals surface area contributed by atoms with Crippen LogP contribution in [0.25, 0.3) is 0 Å². The molecule has 0 aromatic heterocycles. The molecule has 2 aliphatic heterocycles. The number of rotatable bonds is 2. The van der Waals surface area contributed by atoms with Crippen LogP contribution in [0, 0.1) is 11.8 Å². The number of piperidine rings is 1. The zero-order chi connectivity index (χ0) is 18.4. The maximum absolute atomic E-state index is 13.4. The maximum Gasteiger partial charge on any atom is 0.230 e. The highest BCUT2D eigenvalue weighted by Crippen LogP contribution is 2.44. The molecule has 2 saturated heterocycles. The first-order valence-corrected chi connectivity index (χ1v) is 10.4. The Morgan fingerprint density at radius 3 is 2.65 bits per heavy atom. The summed E-state index contributed by atoms with van der Waals surface area (Å²) in [7, 11) is 0. The third-order valence-corrected chi connectivity index (χ3v) is 7.16. The highest BCUT2D eigenvalue weighted by molar-refractivity contribution is 5.85. The Morgan fingerprint density at radius 1 is 1.15 bits per heavy atom. The predicted molar refractivity (Wildman–Crippen MR) is 103 cm³/mol. The minimum atomic E-state index is -0.535. The minimum Gasteiger partial charge on any atom is -0.390 e. The Morgan fingerprint density at radius 2 is 1.92 bits per heavy atom. The molecule has 0 aromatic carbocycles. The number of likely N-dealkylation sites (tertiary alicyclic amines) is 2. The summed E-state index contributed by atoms with van der Waals surface area (Å²) in [5, 5.41) is 10.2. The first kappa shape index (κ1) is 18.1. The first-order chi connectivity index (χ1) is 12.4. The first-order valence-electron chi connectivity index (χ1n) is 10.4. The average Bonchev–Trinajstić information content (AvgIpc) is 2.92. The average molecular weight is 358 g/mol. The Hall–Kier alpha value is -1.29. The molecule has 0 bridgehead atoms. The van der Waals surface area contributed by atoms with Gasteiger partial charge < -0.3 is 14.9 Å². The number of amides is 1. The van der Waals surface area contributed by atoms with Crippen LogP contribution in [0.3, 0.4) is 0 Å². The van der Waals surface area contributed by atoms with Gasteiger partial charge in [0.2, 0.25) is 5.91 Å². The van der Waals surface area contributed by atoms with Crippen molar-refractivity contribution < 1.29 is 9.90 Å². The highest BCUT2D eigenvalue weighted by atomic mass is 16.3. The van der Waals surface area contributed by atoms with Crippen molar-refractivity contribution in [3.63, 3.8) is 0 Å². The number of aliphatic hydroxyl groups is 1. The third-order valence-electron chi connectivity index (χ3n) is 7.16. The van der Waals surface area contributed by atoms with Gasteiger partial charge in [0.1, 0.15) is 0 Å². The molecule has 1 N–H and O–H groups in total. The van der Waals surface area contributed by atoms with E-state index in [1.807, 2.05) is 6.92 Å². The molecule has 26 heavy (non-hydrogen) atoms. The molecule has 4 heteroatoms. The molecule has 143 valence electrons. The summed E-state index contributed by atoms with van der Waals surface area (Å²) < 4.78 is 0. The van der Waals surface area contributed by atoms with Crippen molar-refractivity contribution in [3.8, 4) is 0 Å². The van der Waals surface area contributed by atoms with Gasteiger partial charge in [-0.3, -0.25) is 4.79 Å². The molecule has 0 aromatic rings. The zero-order valence-electron chi connectivity index (χ0n) is 16.3. The summed E-state index contributed by atoms with van der Waals surface area (Å²) >= 11 is 0. The van der Waals surface area contributed by atoms with Gasteiger partial charge in [-0.05, 0) is 77.2 Å². The molecule has 0 unspecified atom stereocenters. The van der Waals surface area contributed by atoms with E-state index >= 15 is 0 Å². The van der Waals surface area contributed by atoms with Gasteiger partial charge in [-0.15, -0.1) is 0 Å². The van der Waals surface area contributed by atoms with E-state index in [-0.39, 0.29) is 5.41 Å². The molecule has 4 rings (SSSR count). The van der Waals surface area contributed by atoms with Crippen molar-refractivity contribution in [3.05, 3.63) is 29.8 Å². The minimum absolute atomic E-state index is 0.180. The van der Waals surface area contributed by atoms with Crippen LogP contribution in [0.15, 0.2) is 23.4 Å². The topological polar surface area (TPSA) is 43.8 Å². The lowest BCUT2D eigenvalue weighted by molar-refractivity contribution is -0.141. The summed E-state index contributed by atoms with van der Waals surface area (Å²) in [6.45, 7) is 6.96. The fourth-order valence-electron chi connectivity index (χ4n) is 5.50. The van der Waals surface area contributed by atoms with E-state index in [4.69, 9.17) is 0 Å². The number of allylic oxidation sites excluding steroid dienone is 3. The molecule has 3 fully saturated rings. The van der Waals surface area contributed by atoms with Crippen LogP contribution in [0.5, 0.6) is 0 Å². The third kappa shape index (κ3) is 3.21. The van der Waals surface area contributed by atoms with Gasteiger partial charge in [0.05, 0.1) is 11.0 Å². The molecule has 4 nitrogen and oxygen atoms in total. The second kappa shape index (κ2) is 6.70. The van der Waals surface area contributed by atoms with Crippen molar-refractivity contribution in [2.75, 3.05) is 19.6 Å². The summed E-state index contributed by atoms with van der Waals surface area (Å²) in [6, 6.07) is 0.336. The van der Waals surface area contributed by atoms with Crippen molar-refractivity contribution in [1.29, 1.82) is 0 Å². The predicted octanol–water partition coefficient (Wildman–Crippen LogP) is 3.43. The largest absolute Gasteiger partial charge is 0.390 e. The van der Waals surface area contributed by atoms with E-state index in [9.17, 15) is 9.90 Å². The molecule has 1 saturated carbocycles. The Bertz CT molecular complexity index is 626. The summed E-state index contributed by atoms with van der Waals surface area (Å²) in [4.78, 5) is 18.1. The van der Waals surface area contributed by atoms with Crippen molar-refractivity contribution in [2.24, 2.45) is 5.41 Å². The molecular formula is C22H33N2O2. The molecule has 1 amide bonds. The van der Waals surface area contributed by atoms with Gasteiger partial charge in [0.15, 0.2) is 0 Å². The second-order valence-corrected chi connectivity index (χ2v) is 9.19. The molecule has 1 radical (unpaired) electrons. The van der Waals surface area contributed by atoms with Crippen LogP contribution < -0.4 is 0 Å². The zero-order valence-corrected chi connectivity index (χ0v) is 16.3. The molecule has 4 aliphatic rings. The van der Waals surface area contributed by atoms with Crippen molar-refractivity contribution in [1.82, 2.24) is 9.80 Å². The molecule has 2 aliphatic carbocycles. The quantitative estimate of drug-likeness (QED) is 0.823. The monoisotopic (exact) mass is 357 g/mol. The fourth-order valence-corrected chi connectivity index (χ4v) is 5.50. The maximum atomic E-state index is 13.4. The van der Waals surface area contributed by atoms with E-state index in [2.05, 4.69) is 35.3 Å². The summed E-state index contributed by atoms with van der Waals surface area (Å²) in [5.41, 5.74) is 1.95. The number of carbonyl (C=O) groups excluding carboxylic acids is 1. The van der Waals surface area contributed by atoms with E-state index in [1.165, 1.54) is 11.3 Å². The summed E-state index contributed by atoms with van der Waals surface area (Å²) in [5.74, 6) is 0.387. The van der Waals surface area contributed by atoms with Gasteiger partial charge in [0, 0.05) is 31.4 Å². The molecule has 1 atom stereocenters. The number of nitrogens with zero attached hydrogens (tertiary/aromatic N) is 2. The van der Waals surface area contributed by atoms with Crippen molar-refractivity contribution in [2.45, 2.75) is 76.9 Å². The standard InChI is InChI=1S/C22H33N2O2/c1-17-6-3-4-7-19(17)23-14-5-10-22(16-23)13-15-24(20(22)25)18-8-11-21(2,26)12-9-18/h3,6-7,18,26H,4-5,8-16H2,1-2H3/t18-,21-,22-/m1/s1. The van der Waals surface area contributed by atoms with Gasteiger partial charge in [-0.2, -0.15) is 0 Å². The van der Waals surface area contributed by atoms with Gasteiger partial charge in [-0.25, -0.2) is 0 Å². The number of hydrogen-bond donors (Lipinski definition) is 1. The van der Waals surface area contributed by atoms with Crippen LogP contribution >= 0.6 is 0 Å². The Kier molecular flexibility index (Phi) is 4.66. The second-order valence-electron chi connectivity index (χ2n) is 9.19. The van der Waals surface area contributed by atoms with E-state index in [0.717, 1.165) is 71.0 Å². The lowest BCUT2D eigenvalue weighted by Gasteiger charge is -2.43. The van der Waals surface area contributed by atoms with Crippen LogP contribution in [0.1, 0.15) is 65.2 Å². The molecule has 1 spiro atoms. The van der Waals surface area contributed by atoms with Crippen LogP contribution in [0.4, 0.5) is 0 Å². The molecular weight excluding hydrogens is 324 g/mol. The van der Waals surface area contributed by atoms with Crippen LogP contribution in [0.2, 0.25) is 0 Å². The Balaban J connectivity index is 1.46. The molecule has 2 heterocycles. The fraction of sp³-hybridized carbons (Fsp3) is 0.727. The summed E-state index contributed by atoms with van der Waals surface area (Å²) in [6.07, 6.45) is 14.4. The van der Waals surface area contributed by atoms with Crippen LogP contribution in [-0.4, -0.2) is 52.1 Å². The van der Waals surface area contributed by atoms with E-state index < -0.39 is 5.60 Å².